The summed E-state index contributed by atoms with van der Waals surface area (Å²) in [5, 5.41) is 9.07. The molecule has 0 aliphatic heterocycles. The molecule has 11 nitrogen and oxygen atoms in total. The minimum Gasteiger partial charge on any atom is -0.385 e. The van der Waals surface area contributed by atoms with Gasteiger partial charge in [-0.25, -0.2) is 15.0 Å². The molecular weight excluding hydrogens is 566 g/mol. The third-order valence-electron chi connectivity index (χ3n) is 8.57. The second-order valence-corrected chi connectivity index (χ2v) is 13.5. The summed E-state index contributed by atoms with van der Waals surface area (Å²) in [6, 6.07) is 2.40. The van der Waals surface area contributed by atoms with Crippen LogP contribution in [0.25, 0.3) is 22.6 Å². The predicted molar refractivity (Wildman–Crippen MR) is 175 cm³/mol. The van der Waals surface area contributed by atoms with Gasteiger partial charge in [0.05, 0.1) is 30.0 Å². The lowest BCUT2D eigenvalue weighted by Gasteiger charge is -2.36. The van der Waals surface area contributed by atoms with Gasteiger partial charge in [-0.05, 0) is 63.4 Å². The molecule has 1 fully saturated rings. The van der Waals surface area contributed by atoms with Crippen molar-refractivity contribution in [2.75, 3.05) is 18.6 Å². The van der Waals surface area contributed by atoms with Crippen LogP contribution in [0.4, 0.5) is 5.82 Å². The van der Waals surface area contributed by atoms with Crippen molar-refractivity contribution in [2.45, 2.75) is 97.1 Å². The van der Waals surface area contributed by atoms with Gasteiger partial charge >= 0.3 is 0 Å². The molecule has 0 radical (unpaired) electrons. The second-order valence-electron chi connectivity index (χ2n) is 13.5. The lowest BCUT2D eigenvalue weighted by molar-refractivity contribution is -0.119. The van der Waals surface area contributed by atoms with Gasteiger partial charge < -0.3 is 4.74 Å². The van der Waals surface area contributed by atoms with Crippen LogP contribution in [0.3, 0.4) is 0 Å². The molecule has 1 aliphatic rings. The van der Waals surface area contributed by atoms with Crippen LogP contribution in [-0.4, -0.2) is 65.2 Å². The Labute approximate surface area is 266 Å². The Bertz CT molecular complexity index is 1560. The summed E-state index contributed by atoms with van der Waals surface area (Å²) in [5.74, 6) is 1.95. The van der Waals surface area contributed by atoms with Crippen molar-refractivity contribution < 1.29 is 9.53 Å². The number of hydrogen-bond acceptors (Lipinski definition) is 8. The molecule has 45 heavy (non-hydrogen) atoms. The van der Waals surface area contributed by atoms with Crippen LogP contribution in [0.5, 0.6) is 0 Å². The summed E-state index contributed by atoms with van der Waals surface area (Å²) < 4.78 is 8.92. The number of hydrogen-bond donors (Lipinski definition) is 0. The zero-order chi connectivity index (χ0) is 32.1. The van der Waals surface area contributed by atoms with Gasteiger partial charge in [0.15, 0.2) is 5.82 Å². The molecule has 240 valence electrons. The van der Waals surface area contributed by atoms with Crippen molar-refractivity contribution in [2.24, 2.45) is 13.0 Å². The van der Waals surface area contributed by atoms with E-state index in [4.69, 9.17) is 24.8 Å². The monoisotopic (exact) mass is 613 g/mol. The van der Waals surface area contributed by atoms with Crippen molar-refractivity contribution in [3.8, 4) is 22.6 Å². The van der Waals surface area contributed by atoms with Crippen LogP contribution < -0.4 is 4.90 Å². The maximum Gasteiger partial charge on any atom is 0.228 e. The van der Waals surface area contributed by atoms with E-state index in [-0.39, 0.29) is 23.4 Å². The maximum atomic E-state index is 13.5. The number of nitrogens with zero attached hydrogens (tertiary/aromatic N) is 9. The van der Waals surface area contributed by atoms with E-state index < -0.39 is 0 Å². The first-order valence-corrected chi connectivity index (χ1v) is 16.1. The quantitative estimate of drug-likeness (QED) is 0.190. The predicted octanol–water partition coefficient (Wildman–Crippen LogP) is 5.97. The Hall–Kier alpha value is -3.99. The first-order chi connectivity index (χ1) is 21.5. The Morgan fingerprint density at radius 2 is 1.82 bits per heavy atom. The minimum absolute atomic E-state index is 0.0607. The van der Waals surface area contributed by atoms with E-state index in [0.717, 1.165) is 66.1 Å². The summed E-state index contributed by atoms with van der Waals surface area (Å²) in [5.41, 5.74) is 4.42. The summed E-state index contributed by atoms with van der Waals surface area (Å²) in [4.78, 5) is 34.7. The van der Waals surface area contributed by atoms with E-state index in [1.165, 1.54) is 0 Å². The largest absolute Gasteiger partial charge is 0.385 e. The molecule has 1 amide bonds. The number of amides is 1. The van der Waals surface area contributed by atoms with Gasteiger partial charge in [-0.2, -0.15) is 10.2 Å². The fourth-order valence-electron chi connectivity index (χ4n) is 6.03. The number of rotatable bonds is 11. The van der Waals surface area contributed by atoms with E-state index in [9.17, 15) is 4.79 Å². The van der Waals surface area contributed by atoms with E-state index >= 15 is 0 Å². The molecule has 0 aromatic carbocycles. The molecule has 4 aromatic rings. The standard InChI is InChI=1S/C34H47N9O2/c1-23(2)42-15-14-28(40-42)33-27(34(3,4)5)19-36-30(39-33)17-24-10-12-26(13-11-24)43(32(44)9-8-16-45-7)31-21-35-29(20-37-31)25-18-38-41(6)22-25/h14-15,18-24,26H,8-13,16-17H2,1-7H3. The van der Waals surface area contributed by atoms with Crippen LogP contribution in [0.2, 0.25) is 0 Å². The number of methoxy groups -OCH3 is 1. The maximum absolute atomic E-state index is 13.5. The van der Waals surface area contributed by atoms with Crippen molar-refractivity contribution in [1.29, 1.82) is 0 Å². The lowest BCUT2D eigenvalue weighted by atomic mass is 9.82. The Balaban J connectivity index is 1.30. The molecule has 11 heteroatoms. The van der Waals surface area contributed by atoms with Crippen LogP contribution >= 0.6 is 0 Å². The van der Waals surface area contributed by atoms with E-state index in [1.54, 1.807) is 30.4 Å². The fraction of sp³-hybridized carbons (Fsp3) is 0.559. The van der Waals surface area contributed by atoms with Gasteiger partial charge in [0.25, 0.3) is 0 Å². The number of aryl methyl sites for hydroxylation is 1. The molecule has 0 saturated heterocycles. The van der Waals surface area contributed by atoms with Crippen LogP contribution in [0.15, 0.2) is 43.2 Å². The molecule has 0 spiro atoms. The van der Waals surface area contributed by atoms with Gasteiger partial charge in [-0.15, -0.1) is 0 Å². The van der Waals surface area contributed by atoms with E-state index in [2.05, 4.69) is 50.8 Å². The summed E-state index contributed by atoms with van der Waals surface area (Å²) >= 11 is 0. The highest BCUT2D eigenvalue weighted by Crippen LogP contribution is 2.34. The topological polar surface area (TPSA) is 117 Å². The average molecular weight is 614 g/mol. The number of carbonyl (C=O) groups is 1. The third-order valence-corrected chi connectivity index (χ3v) is 8.57. The second kappa shape index (κ2) is 14.0. The molecular formula is C34H47N9O2. The first-order valence-electron chi connectivity index (χ1n) is 16.1. The molecule has 0 atom stereocenters. The highest BCUT2D eigenvalue weighted by atomic mass is 16.5. The summed E-state index contributed by atoms with van der Waals surface area (Å²) in [6.45, 7) is 11.4. The summed E-state index contributed by atoms with van der Waals surface area (Å²) in [7, 11) is 3.53. The molecule has 1 saturated carbocycles. The summed E-state index contributed by atoms with van der Waals surface area (Å²) in [6.07, 6.45) is 16.7. The zero-order valence-electron chi connectivity index (χ0n) is 27.8. The molecule has 1 aliphatic carbocycles. The highest BCUT2D eigenvalue weighted by molar-refractivity contribution is 5.93. The van der Waals surface area contributed by atoms with Crippen molar-refractivity contribution in [1.82, 2.24) is 39.5 Å². The molecule has 4 heterocycles. The Morgan fingerprint density at radius 3 is 2.42 bits per heavy atom. The lowest BCUT2D eigenvalue weighted by Crippen LogP contribution is -2.43. The molecule has 4 aromatic heterocycles. The van der Waals surface area contributed by atoms with Gasteiger partial charge in [0.2, 0.25) is 5.91 Å². The fourth-order valence-corrected chi connectivity index (χ4v) is 6.03. The normalized spacial score (nSPS) is 17.2. The van der Waals surface area contributed by atoms with Crippen molar-refractivity contribution >= 4 is 11.7 Å². The van der Waals surface area contributed by atoms with E-state index in [1.807, 2.05) is 35.2 Å². The van der Waals surface area contributed by atoms with Crippen molar-refractivity contribution in [3.63, 3.8) is 0 Å². The van der Waals surface area contributed by atoms with Gasteiger partial charge in [0, 0.05) is 75.4 Å². The highest BCUT2D eigenvalue weighted by Gasteiger charge is 2.32. The van der Waals surface area contributed by atoms with Crippen LogP contribution in [0.1, 0.15) is 90.6 Å². The third kappa shape index (κ3) is 7.81. The number of aromatic nitrogens is 8. The minimum atomic E-state index is -0.105. The van der Waals surface area contributed by atoms with Crippen LogP contribution in [-0.2, 0) is 28.4 Å². The Morgan fingerprint density at radius 1 is 1.04 bits per heavy atom. The van der Waals surface area contributed by atoms with Gasteiger partial charge in [-0.1, -0.05) is 20.8 Å². The van der Waals surface area contributed by atoms with Crippen molar-refractivity contribution in [3.05, 3.63) is 54.6 Å². The number of carbonyl (C=O) groups excluding carboxylic acids is 1. The van der Waals surface area contributed by atoms with E-state index in [0.29, 0.717) is 31.2 Å². The Kier molecular flexibility index (Phi) is 10.1. The molecule has 0 N–H and O–H groups in total. The molecule has 0 bridgehead atoms. The molecule has 0 unspecified atom stereocenters. The smallest absolute Gasteiger partial charge is 0.228 e. The number of ether oxygens (including phenoxy) is 1. The van der Waals surface area contributed by atoms with Gasteiger partial charge in [0.1, 0.15) is 11.5 Å². The van der Waals surface area contributed by atoms with Gasteiger partial charge in [-0.3, -0.25) is 24.0 Å². The molecule has 5 rings (SSSR count). The first kappa shape index (κ1) is 32.4. The average Bonchev–Trinajstić information content (AvgIpc) is 3.68. The van der Waals surface area contributed by atoms with Crippen LogP contribution in [0, 0.1) is 5.92 Å². The number of anilines is 1. The zero-order valence-corrected chi connectivity index (χ0v) is 27.8. The SMILES string of the molecule is COCCCC(=O)N(c1cnc(-c2cnn(C)c2)cn1)C1CCC(Cc2ncc(C(C)(C)C)c(-c3ccn(C(C)C)n3)n2)CC1.